The molecule has 0 aromatic carbocycles. The van der Waals surface area contributed by atoms with Crippen LogP contribution in [0.4, 0.5) is 0 Å². The van der Waals surface area contributed by atoms with Crippen molar-refractivity contribution >= 4 is 11.8 Å². The Kier molecular flexibility index (Phi) is 3.27. The van der Waals surface area contributed by atoms with Crippen molar-refractivity contribution in [3.63, 3.8) is 0 Å². The van der Waals surface area contributed by atoms with Gasteiger partial charge in [-0.2, -0.15) is 0 Å². The van der Waals surface area contributed by atoms with Gasteiger partial charge in [-0.05, 0) is 31.1 Å². The zero-order valence-corrected chi connectivity index (χ0v) is 12.0. The Morgan fingerprint density at radius 3 is 2.32 bits per heavy atom. The molecule has 0 aromatic rings. The van der Waals surface area contributed by atoms with Gasteiger partial charge in [0, 0.05) is 32.1 Å². The molecule has 2 saturated heterocycles. The van der Waals surface area contributed by atoms with Crippen LogP contribution in [0.3, 0.4) is 0 Å². The molecule has 2 heterocycles. The third-order valence-electron chi connectivity index (χ3n) is 4.68. The maximum Gasteiger partial charge on any atom is 0.228 e. The van der Waals surface area contributed by atoms with Crippen molar-refractivity contribution in [2.24, 2.45) is 17.8 Å². The maximum atomic E-state index is 12.6. The van der Waals surface area contributed by atoms with E-state index in [1.165, 1.54) is 6.42 Å². The number of likely N-dealkylation sites (tertiary alicyclic amines) is 2. The van der Waals surface area contributed by atoms with E-state index in [0.717, 1.165) is 25.9 Å². The second-order valence-corrected chi connectivity index (χ2v) is 6.87. The van der Waals surface area contributed by atoms with E-state index in [1.807, 2.05) is 9.80 Å². The summed E-state index contributed by atoms with van der Waals surface area (Å²) < 4.78 is 0. The molecule has 0 radical (unpaired) electrons. The van der Waals surface area contributed by atoms with Crippen LogP contribution in [0.5, 0.6) is 0 Å². The summed E-state index contributed by atoms with van der Waals surface area (Å²) in [7, 11) is 0. The van der Waals surface area contributed by atoms with Crippen molar-refractivity contribution < 1.29 is 9.59 Å². The minimum absolute atomic E-state index is 0.0781. The van der Waals surface area contributed by atoms with Crippen LogP contribution in [0, 0.1) is 17.8 Å². The van der Waals surface area contributed by atoms with Gasteiger partial charge in [0.2, 0.25) is 11.8 Å². The molecule has 3 unspecified atom stereocenters. The van der Waals surface area contributed by atoms with E-state index in [4.69, 9.17) is 0 Å². The molecule has 0 aromatic heterocycles. The topological polar surface area (TPSA) is 40.6 Å². The Balaban J connectivity index is 1.62. The molecule has 3 atom stereocenters. The van der Waals surface area contributed by atoms with E-state index < -0.39 is 0 Å². The van der Waals surface area contributed by atoms with E-state index in [-0.39, 0.29) is 17.7 Å². The highest BCUT2D eigenvalue weighted by atomic mass is 16.2. The molecule has 3 fully saturated rings. The fraction of sp³-hybridized carbons (Fsp3) is 0.867. The van der Waals surface area contributed by atoms with Gasteiger partial charge in [-0.3, -0.25) is 9.59 Å². The molecule has 1 aliphatic carbocycles. The third-order valence-corrected chi connectivity index (χ3v) is 4.68. The highest BCUT2D eigenvalue weighted by molar-refractivity contribution is 5.89. The summed E-state index contributed by atoms with van der Waals surface area (Å²) in [5, 5.41) is 0. The zero-order chi connectivity index (χ0) is 13.6. The van der Waals surface area contributed by atoms with E-state index >= 15 is 0 Å². The number of carbonyl (C=O) groups excluding carboxylic acids is 2. The lowest BCUT2D eigenvalue weighted by Crippen LogP contribution is -2.45. The highest BCUT2D eigenvalue weighted by Gasteiger charge is 2.43. The van der Waals surface area contributed by atoms with Crippen LogP contribution in [-0.4, -0.2) is 47.3 Å². The molecule has 106 valence electrons. The summed E-state index contributed by atoms with van der Waals surface area (Å²) in [6.07, 6.45) is 3.91. The molecule has 3 rings (SSSR count). The standard InChI is InChI=1S/C15H24N2O2/c1-10-5-11(2)8-16(7-10)15(19)12-6-14(18)17(9-12)13-3-4-13/h10-13H,3-9H2,1-2H3. The van der Waals surface area contributed by atoms with Crippen molar-refractivity contribution in [2.45, 2.75) is 45.6 Å². The van der Waals surface area contributed by atoms with Crippen molar-refractivity contribution in [1.29, 1.82) is 0 Å². The fourth-order valence-electron chi connectivity index (χ4n) is 3.74. The lowest BCUT2D eigenvalue weighted by molar-refractivity contribution is -0.138. The first-order valence-electron chi connectivity index (χ1n) is 7.63. The average Bonchev–Trinajstić information content (AvgIpc) is 3.10. The Bertz CT molecular complexity index is 382. The van der Waals surface area contributed by atoms with E-state index in [2.05, 4.69) is 13.8 Å². The van der Waals surface area contributed by atoms with Gasteiger partial charge in [0.25, 0.3) is 0 Å². The number of carbonyl (C=O) groups is 2. The Morgan fingerprint density at radius 2 is 1.74 bits per heavy atom. The maximum absolute atomic E-state index is 12.6. The number of hydrogen-bond acceptors (Lipinski definition) is 2. The van der Waals surface area contributed by atoms with Crippen LogP contribution in [0.15, 0.2) is 0 Å². The minimum Gasteiger partial charge on any atom is -0.342 e. The Morgan fingerprint density at radius 1 is 1.11 bits per heavy atom. The predicted octanol–water partition coefficient (Wildman–Crippen LogP) is 1.50. The van der Waals surface area contributed by atoms with Gasteiger partial charge in [-0.1, -0.05) is 13.8 Å². The van der Waals surface area contributed by atoms with Gasteiger partial charge >= 0.3 is 0 Å². The summed E-state index contributed by atoms with van der Waals surface area (Å²) >= 11 is 0. The predicted molar refractivity (Wildman–Crippen MR) is 72.4 cm³/mol. The molecule has 19 heavy (non-hydrogen) atoms. The molecule has 4 heteroatoms. The van der Waals surface area contributed by atoms with Gasteiger partial charge in [0.1, 0.15) is 0 Å². The van der Waals surface area contributed by atoms with Crippen LogP contribution < -0.4 is 0 Å². The second-order valence-electron chi connectivity index (χ2n) is 6.87. The monoisotopic (exact) mass is 264 g/mol. The molecule has 0 spiro atoms. The highest BCUT2D eigenvalue weighted by Crippen LogP contribution is 2.33. The summed E-state index contributed by atoms with van der Waals surface area (Å²) in [5.74, 6) is 1.51. The van der Waals surface area contributed by atoms with Crippen LogP contribution >= 0.6 is 0 Å². The summed E-state index contributed by atoms with van der Waals surface area (Å²) in [6.45, 7) is 6.84. The molecule has 2 aliphatic heterocycles. The number of rotatable bonds is 2. The summed E-state index contributed by atoms with van der Waals surface area (Å²) in [5.41, 5.74) is 0. The van der Waals surface area contributed by atoms with E-state index in [9.17, 15) is 9.59 Å². The van der Waals surface area contributed by atoms with Crippen LogP contribution in [-0.2, 0) is 9.59 Å². The second kappa shape index (κ2) is 4.80. The summed E-state index contributed by atoms with van der Waals surface area (Å²) in [4.78, 5) is 28.5. The van der Waals surface area contributed by atoms with Crippen LogP contribution in [0.25, 0.3) is 0 Å². The third kappa shape index (κ3) is 2.63. The number of nitrogens with zero attached hydrogens (tertiary/aromatic N) is 2. The van der Waals surface area contributed by atoms with Crippen molar-refractivity contribution in [3.05, 3.63) is 0 Å². The lowest BCUT2D eigenvalue weighted by Gasteiger charge is -2.36. The minimum atomic E-state index is -0.0781. The first kappa shape index (κ1) is 12.9. The summed E-state index contributed by atoms with van der Waals surface area (Å²) in [6, 6.07) is 0.449. The number of amides is 2. The van der Waals surface area contributed by atoms with Crippen molar-refractivity contribution in [1.82, 2.24) is 9.80 Å². The van der Waals surface area contributed by atoms with Crippen molar-refractivity contribution in [2.75, 3.05) is 19.6 Å². The molecule has 0 N–H and O–H groups in total. The van der Waals surface area contributed by atoms with Crippen LogP contribution in [0.2, 0.25) is 0 Å². The molecular weight excluding hydrogens is 240 g/mol. The molecule has 2 amide bonds. The first-order valence-corrected chi connectivity index (χ1v) is 7.63. The number of hydrogen-bond donors (Lipinski definition) is 0. The SMILES string of the molecule is CC1CC(C)CN(C(=O)C2CC(=O)N(C3CC3)C2)C1. The molecular formula is C15H24N2O2. The van der Waals surface area contributed by atoms with E-state index in [1.54, 1.807) is 0 Å². The molecule has 3 aliphatic rings. The average molecular weight is 264 g/mol. The fourth-order valence-corrected chi connectivity index (χ4v) is 3.74. The normalized spacial score (nSPS) is 35.9. The Hall–Kier alpha value is -1.06. The first-order chi connectivity index (χ1) is 9.04. The smallest absolute Gasteiger partial charge is 0.228 e. The molecule has 1 saturated carbocycles. The van der Waals surface area contributed by atoms with E-state index in [0.29, 0.717) is 30.8 Å². The van der Waals surface area contributed by atoms with Crippen LogP contribution in [0.1, 0.15) is 39.5 Å². The molecule has 0 bridgehead atoms. The van der Waals surface area contributed by atoms with Gasteiger partial charge in [0.05, 0.1) is 5.92 Å². The van der Waals surface area contributed by atoms with Gasteiger partial charge < -0.3 is 9.80 Å². The zero-order valence-electron chi connectivity index (χ0n) is 12.0. The Labute approximate surface area is 115 Å². The van der Waals surface area contributed by atoms with Gasteiger partial charge in [-0.15, -0.1) is 0 Å². The number of piperidine rings is 1. The van der Waals surface area contributed by atoms with Gasteiger partial charge in [-0.25, -0.2) is 0 Å². The quantitative estimate of drug-likeness (QED) is 0.758. The van der Waals surface area contributed by atoms with Gasteiger partial charge in [0.15, 0.2) is 0 Å². The lowest BCUT2D eigenvalue weighted by atomic mass is 9.91. The molecule has 4 nitrogen and oxygen atoms in total. The van der Waals surface area contributed by atoms with Crippen molar-refractivity contribution in [3.8, 4) is 0 Å². The largest absolute Gasteiger partial charge is 0.342 e.